The number of sulfone groups is 1. The quantitative estimate of drug-likeness (QED) is 0.286. The zero-order valence-electron chi connectivity index (χ0n) is 22.1. The first kappa shape index (κ1) is 27.7. The van der Waals surface area contributed by atoms with Crippen molar-refractivity contribution in [3.8, 4) is 22.6 Å². The van der Waals surface area contributed by atoms with E-state index in [1.54, 1.807) is 48.5 Å². The fourth-order valence-corrected chi connectivity index (χ4v) is 5.78. The van der Waals surface area contributed by atoms with Crippen molar-refractivity contribution in [1.29, 1.82) is 0 Å². The number of nitrogens with one attached hydrogen (secondary N) is 1. The number of phenolic OH excluding ortho intramolecular Hbond substituents is 1. The van der Waals surface area contributed by atoms with E-state index < -0.39 is 21.4 Å². The second-order valence-corrected chi connectivity index (χ2v) is 12.5. The Balaban J connectivity index is 1.45. The number of benzene rings is 3. The molecule has 202 valence electrons. The third-order valence-corrected chi connectivity index (χ3v) is 7.95. The van der Waals surface area contributed by atoms with Gasteiger partial charge in [-0.1, -0.05) is 42.8 Å². The van der Waals surface area contributed by atoms with Crippen molar-refractivity contribution >= 4 is 15.8 Å². The first-order valence-electron chi connectivity index (χ1n) is 12.8. The molecule has 1 unspecified atom stereocenters. The number of hydrogen-bond acceptors (Lipinski definition) is 7. The van der Waals surface area contributed by atoms with Gasteiger partial charge in [0.05, 0.1) is 4.90 Å². The van der Waals surface area contributed by atoms with Crippen molar-refractivity contribution in [2.75, 3.05) is 12.5 Å². The Bertz CT molecular complexity index is 1360. The Morgan fingerprint density at radius 3 is 2.29 bits per heavy atom. The van der Waals surface area contributed by atoms with Gasteiger partial charge in [-0.25, -0.2) is 13.2 Å². The fraction of sp³-hybridized carbons (Fsp3) is 0.367. The molecule has 3 aromatic carbocycles. The largest absolute Gasteiger partial charge is 0.508 e. The molecule has 0 bridgehead atoms. The van der Waals surface area contributed by atoms with Gasteiger partial charge in [-0.15, -0.1) is 0 Å². The standard InChI is InChI=1S/C30H35NO6S/c1-30(2,3)37-29(33)19-36-28-10-6-8-25-26(28)7-4-5-9-27(25)31-20-38(34,35)24-17-13-22(14-18-24)21-11-15-23(32)16-12-21/h6,8,10-18,27,31-32H,4-5,7,9,19-20H2,1-3H3. The minimum Gasteiger partial charge on any atom is -0.508 e. The van der Waals surface area contributed by atoms with Crippen molar-refractivity contribution in [2.45, 2.75) is 63.0 Å². The lowest BCUT2D eigenvalue weighted by Gasteiger charge is -2.22. The van der Waals surface area contributed by atoms with Crippen LogP contribution in [0, 0.1) is 0 Å². The van der Waals surface area contributed by atoms with E-state index in [4.69, 9.17) is 9.47 Å². The molecule has 8 heteroatoms. The van der Waals surface area contributed by atoms with Crippen LogP contribution in [0.15, 0.2) is 71.6 Å². The van der Waals surface area contributed by atoms with Crippen molar-refractivity contribution in [3.63, 3.8) is 0 Å². The summed E-state index contributed by atoms with van der Waals surface area (Å²) in [7, 11) is -3.57. The van der Waals surface area contributed by atoms with E-state index in [-0.39, 0.29) is 29.2 Å². The number of carbonyl (C=O) groups is 1. The molecule has 7 nitrogen and oxygen atoms in total. The molecule has 0 fully saturated rings. The summed E-state index contributed by atoms with van der Waals surface area (Å²) < 4.78 is 37.5. The highest BCUT2D eigenvalue weighted by atomic mass is 32.2. The molecule has 0 spiro atoms. The number of hydrogen-bond donors (Lipinski definition) is 2. The number of phenols is 1. The minimum absolute atomic E-state index is 0.149. The predicted octanol–water partition coefficient (Wildman–Crippen LogP) is 5.57. The summed E-state index contributed by atoms with van der Waals surface area (Å²) in [5, 5.41) is 12.8. The van der Waals surface area contributed by atoms with Crippen LogP contribution in [0.25, 0.3) is 11.1 Å². The van der Waals surface area contributed by atoms with E-state index in [2.05, 4.69) is 5.32 Å². The summed E-state index contributed by atoms with van der Waals surface area (Å²) in [6.07, 6.45) is 3.49. The third kappa shape index (κ3) is 7.14. The monoisotopic (exact) mass is 537 g/mol. The van der Waals surface area contributed by atoms with Gasteiger partial charge in [0.2, 0.25) is 0 Å². The SMILES string of the molecule is CC(C)(C)OC(=O)COc1cccc2c1CCCCC2NCS(=O)(=O)c1ccc(-c2ccc(O)cc2)cc1. The van der Waals surface area contributed by atoms with Gasteiger partial charge in [0.1, 0.15) is 23.0 Å². The average Bonchev–Trinajstić information content (AvgIpc) is 3.08. The first-order valence-corrected chi connectivity index (χ1v) is 14.5. The van der Waals surface area contributed by atoms with Gasteiger partial charge in [0, 0.05) is 6.04 Å². The zero-order valence-corrected chi connectivity index (χ0v) is 22.9. The second kappa shape index (κ2) is 11.6. The highest BCUT2D eigenvalue weighted by Gasteiger charge is 2.24. The molecule has 1 aliphatic carbocycles. The van der Waals surface area contributed by atoms with Crippen molar-refractivity contribution < 1.29 is 27.8 Å². The van der Waals surface area contributed by atoms with Crippen LogP contribution in [0.1, 0.15) is 57.2 Å². The van der Waals surface area contributed by atoms with Crippen molar-refractivity contribution in [1.82, 2.24) is 5.32 Å². The van der Waals surface area contributed by atoms with Gasteiger partial charge in [-0.2, -0.15) is 0 Å². The summed E-state index contributed by atoms with van der Waals surface area (Å²) in [5.41, 5.74) is 3.18. The van der Waals surface area contributed by atoms with Crippen LogP contribution in [0.5, 0.6) is 11.5 Å². The smallest absolute Gasteiger partial charge is 0.344 e. The van der Waals surface area contributed by atoms with E-state index in [1.165, 1.54) is 0 Å². The van der Waals surface area contributed by atoms with E-state index >= 15 is 0 Å². The molecule has 4 rings (SSSR count). The molecule has 0 saturated heterocycles. The minimum atomic E-state index is -3.57. The Kier molecular flexibility index (Phi) is 8.43. The van der Waals surface area contributed by atoms with Crippen LogP contribution in [-0.2, 0) is 25.8 Å². The van der Waals surface area contributed by atoms with Crippen LogP contribution < -0.4 is 10.1 Å². The summed E-state index contributed by atoms with van der Waals surface area (Å²) >= 11 is 0. The van der Waals surface area contributed by atoms with Gasteiger partial charge < -0.3 is 14.6 Å². The topological polar surface area (TPSA) is 102 Å². The molecule has 0 amide bonds. The number of esters is 1. The molecule has 0 radical (unpaired) electrons. The number of fused-ring (bicyclic) bond motifs is 1. The maximum atomic E-state index is 13.2. The van der Waals surface area contributed by atoms with Crippen LogP contribution in [-0.4, -0.2) is 37.6 Å². The molecule has 0 aromatic heterocycles. The molecule has 2 N–H and O–H groups in total. The van der Waals surface area contributed by atoms with Crippen molar-refractivity contribution in [3.05, 3.63) is 77.9 Å². The lowest BCUT2D eigenvalue weighted by atomic mass is 9.98. The lowest BCUT2D eigenvalue weighted by Crippen LogP contribution is -2.28. The van der Waals surface area contributed by atoms with E-state index in [0.717, 1.165) is 47.9 Å². The number of aromatic hydroxyl groups is 1. The Labute approximate surface area is 224 Å². The molecule has 0 heterocycles. The number of carbonyl (C=O) groups excluding carboxylic acids is 1. The number of rotatable bonds is 8. The summed E-state index contributed by atoms with van der Waals surface area (Å²) in [4.78, 5) is 12.4. The van der Waals surface area contributed by atoms with Crippen molar-refractivity contribution in [2.24, 2.45) is 0 Å². The van der Waals surface area contributed by atoms with Gasteiger partial charge in [-0.3, -0.25) is 5.32 Å². The second-order valence-electron chi connectivity index (χ2n) is 10.5. The first-order chi connectivity index (χ1) is 18.0. The van der Waals surface area contributed by atoms with E-state index in [1.807, 2.05) is 39.0 Å². The van der Waals surface area contributed by atoms with E-state index in [9.17, 15) is 18.3 Å². The maximum Gasteiger partial charge on any atom is 0.344 e. The predicted molar refractivity (Wildman–Crippen MR) is 147 cm³/mol. The zero-order chi connectivity index (χ0) is 27.3. The Morgan fingerprint density at radius 1 is 0.974 bits per heavy atom. The van der Waals surface area contributed by atoms with Crippen LogP contribution in [0.4, 0.5) is 0 Å². The molecule has 38 heavy (non-hydrogen) atoms. The summed E-state index contributed by atoms with van der Waals surface area (Å²) in [6.45, 7) is 5.26. The van der Waals surface area contributed by atoms with Gasteiger partial charge in [-0.05, 0) is 92.6 Å². The highest BCUT2D eigenvalue weighted by Crippen LogP contribution is 2.34. The van der Waals surface area contributed by atoms with Gasteiger partial charge >= 0.3 is 5.97 Å². The Morgan fingerprint density at radius 2 is 1.63 bits per heavy atom. The maximum absolute atomic E-state index is 13.2. The Hall–Kier alpha value is -3.36. The molecular weight excluding hydrogens is 502 g/mol. The lowest BCUT2D eigenvalue weighted by molar-refractivity contribution is -0.157. The third-order valence-electron chi connectivity index (χ3n) is 6.41. The van der Waals surface area contributed by atoms with Gasteiger partial charge in [0.25, 0.3) is 0 Å². The number of ether oxygens (including phenoxy) is 2. The highest BCUT2D eigenvalue weighted by molar-refractivity contribution is 7.91. The van der Waals surface area contributed by atoms with Crippen LogP contribution >= 0.6 is 0 Å². The van der Waals surface area contributed by atoms with Crippen LogP contribution in [0.2, 0.25) is 0 Å². The molecule has 1 aliphatic rings. The normalized spacial score (nSPS) is 15.8. The van der Waals surface area contributed by atoms with E-state index in [0.29, 0.717) is 5.75 Å². The molecule has 1 atom stereocenters. The van der Waals surface area contributed by atoms with Crippen LogP contribution in [0.3, 0.4) is 0 Å². The molecule has 3 aromatic rings. The fourth-order valence-electron chi connectivity index (χ4n) is 4.64. The molecule has 0 saturated carbocycles. The molecule has 0 aliphatic heterocycles. The average molecular weight is 538 g/mol. The summed E-state index contributed by atoms with van der Waals surface area (Å²) in [6, 6.07) is 19.1. The van der Waals surface area contributed by atoms with Gasteiger partial charge in [0.15, 0.2) is 16.4 Å². The molecular formula is C30H35NO6S. The summed E-state index contributed by atoms with van der Waals surface area (Å²) in [5.74, 6) is 0.190.